The lowest BCUT2D eigenvalue weighted by Crippen LogP contribution is -2.11. The number of benzene rings is 2. The highest BCUT2D eigenvalue weighted by Crippen LogP contribution is 2.25. The van der Waals surface area contributed by atoms with Gasteiger partial charge in [0.1, 0.15) is 5.75 Å². The fourth-order valence-corrected chi connectivity index (χ4v) is 3.18. The molecule has 0 aliphatic heterocycles. The lowest BCUT2D eigenvalue weighted by Gasteiger charge is -2.06. The van der Waals surface area contributed by atoms with E-state index in [1.165, 1.54) is 16.9 Å². The number of ether oxygens (including phenoxy) is 1. The summed E-state index contributed by atoms with van der Waals surface area (Å²) in [6, 6.07) is 15.5. The Hall–Kier alpha value is -2.66. The van der Waals surface area contributed by atoms with E-state index in [0.29, 0.717) is 17.3 Å². The van der Waals surface area contributed by atoms with Crippen molar-refractivity contribution in [2.75, 3.05) is 11.9 Å². The summed E-state index contributed by atoms with van der Waals surface area (Å²) in [5, 5.41) is 5.41. The zero-order valence-corrected chi connectivity index (χ0v) is 15.8. The van der Waals surface area contributed by atoms with Crippen LogP contribution >= 0.6 is 11.3 Å². The monoisotopic (exact) mass is 366 g/mol. The van der Waals surface area contributed by atoms with Gasteiger partial charge in [-0.1, -0.05) is 38.1 Å². The molecule has 4 nitrogen and oxygen atoms in total. The number of carbonyl (C=O) groups is 1. The molecule has 0 fully saturated rings. The van der Waals surface area contributed by atoms with E-state index in [1.54, 1.807) is 12.1 Å². The van der Waals surface area contributed by atoms with E-state index in [4.69, 9.17) is 4.74 Å². The molecular weight excluding hydrogens is 344 g/mol. The summed E-state index contributed by atoms with van der Waals surface area (Å²) >= 11 is 1.42. The molecule has 0 radical (unpaired) electrons. The summed E-state index contributed by atoms with van der Waals surface area (Å²) in [5.74, 6) is 0.602. The predicted octanol–water partition coefficient (Wildman–Crippen LogP) is 5.41. The first-order valence-corrected chi connectivity index (χ1v) is 9.66. The Morgan fingerprint density at radius 2 is 1.81 bits per heavy atom. The molecule has 2 aromatic carbocycles. The van der Waals surface area contributed by atoms with E-state index in [1.807, 2.05) is 17.5 Å². The third-order valence-electron chi connectivity index (χ3n) is 3.97. The molecule has 0 spiro atoms. The van der Waals surface area contributed by atoms with Crippen molar-refractivity contribution in [3.05, 3.63) is 65.0 Å². The van der Waals surface area contributed by atoms with Crippen LogP contribution in [0, 0.1) is 0 Å². The average molecular weight is 366 g/mol. The van der Waals surface area contributed by atoms with Crippen LogP contribution in [-0.2, 0) is 6.42 Å². The zero-order valence-electron chi connectivity index (χ0n) is 15.0. The molecule has 1 aromatic heterocycles. The molecule has 0 saturated heterocycles. The van der Waals surface area contributed by atoms with Gasteiger partial charge in [0.2, 0.25) is 0 Å². The first-order valence-electron chi connectivity index (χ1n) is 8.78. The van der Waals surface area contributed by atoms with E-state index in [0.717, 1.165) is 29.8 Å². The number of rotatable bonds is 7. The van der Waals surface area contributed by atoms with Gasteiger partial charge in [-0.2, -0.15) is 0 Å². The van der Waals surface area contributed by atoms with Crippen molar-refractivity contribution < 1.29 is 9.53 Å². The normalized spacial score (nSPS) is 10.5. The third kappa shape index (κ3) is 4.49. The van der Waals surface area contributed by atoms with Crippen molar-refractivity contribution in [2.45, 2.75) is 26.7 Å². The molecule has 1 amide bonds. The number of aromatic nitrogens is 1. The zero-order chi connectivity index (χ0) is 18.4. The Kier molecular flexibility index (Phi) is 6.02. The molecule has 0 aliphatic rings. The maximum Gasteiger partial charge on any atom is 0.257 e. The average Bonchev–Trinajstić information content (AvgIpc) is 3.15. The van der Waals surface area contributed by atoms with Crippen LogP contribution in [0.25, 0.3) is 11.3 Å². The Bertz CT molecular complexity index is 854. The number of hydrogen-bond acceptors (Lipinski definition) is 4. The highest BCUT2D eigenvalue weighted by atomic mass is 32.1. The SMILES string of the molecule is CCCOc1ccc(C(=O)Nc2nc(-c3ccc(CC)cc3)cs2)cc1. The maximum atomic E-state index is 12.4. The fraction of sp³-hybridized carbons (Fsp3) is 0.238. The quantitative estimate of drug-likeness (QED) is 0.608. The minimum atomic E-state index is -0.172. The van der Waals surface area contributed by atoms with Crippen LogP contribution in [0.15, 0.2) is 53.9 Å². The van der Waals surface area contributed by atoms with Crippen molar-refractivity contribution in [1.29, 1.82) is 0 Å². The summed E-state index contributed by atoms with van der Waals surface area (Å²) < 4.78 is 5.53. The predicted molar refractivity (Wildman–Crippen MR) is 107 cm³/mol. The molecule has 0 atom stereocenters. The summed E-state index contributed by atoms with van der Waals surface area (Å²) in [7, 11) is 0. The van der Waals surface area contributed by atoms with Gasteiger partial charge in [-0.3, -0.25) is 10.1 Å². The van der Waals surface area contributed by atoms with Gasteiger partial charge in [-0.25, -0.2) is 4.98 Å². The molecule has 5 heteroatoms. The lowest BCUT2D eigenvalue weighted by molar-refractivity contribution is 0.102. The second kappa shape index (κ2) is 8.63. The van der Waals surface area contributed by atoms with E-state index >= 15 is 0 Å². The van der Waals surface area contributed by atoms with Gasteiger partial charge in [-0.05, 0) is 42.7 Å². The number of nitrogens with zero attached hydrogens (tertiary/aromatic N) is 1. The van der Waals surface area contributed by atoms with Crippen molar-refractivity contribution in [2.24, 2.45) is 0 Å². The fourth-order valence-electron chi connectivity index (χ4n) is 2.47. The van der Waals surface area contributed by atoms with E-state index < -0.39 is 0 Å². The maximum absolute atomic E-state index is 12.4. The van der Waals surface area contributed by atoms with Crippen LogP contribution in [0.5, 0.6) is 5.75 Å². The first kappa shape index (κ1) is 18.1. The van der Waals surface area contributed by atoms with Gasteiger partial charge in [0, 0.05) is 16.5 Å². The van der Waals surface area contributed by atoms with Crippen molar-refractivity contribution >= 4 is 22.4 Å². The van der Waals surface area contributed by atoms with Crippen molar-refractivity contribution in [3.63, 3.8) is 0 Å². The number of nitrogens with one attached hydrogen (secondary N) is 1. The minimum Gasteiger partial charge on any atom is -0.494 e. The smallest absolute Gasteiger partial charge is 0.257 e. The lowest BCUT2D eigenvalue weighted by atomic mass is 10.1. The Labute approximate surface area is 157 Å². The summed E-state index contributed by atoms with van der Waals surface area (Å²) in [4.78, 5) is 16.9. The standard InChI is InChI=1S/C21H22N2O2S/c1-3-13-25-18-11-9-17(10-12-18)20(24)23-21-22-19(14-26-21)16-7-5-15(4-2)6-8-16/h5-12,14H,3-4,13H2,1-2H3,(H,22,23,24). The van der Waals surface area contributed by atoms with Gasteiger partial charge in [0.25, 0.3) is 5.91 Å². The molecule has 1 N–H and O–H groups in total. The van der Waals surface area contributed by atoms with E-state index in [9.17, 15) is 4.79 Å². The van der Waals surface area contributed by atoms with Crippen LogP contribution in [0.2, 0.25) is 0 Å². The Balaban J connectivity index is 1.65. The Morgan fingerprint density at radius 1 is 1.08 bits per heavy atom. The van der Waals surface area contributed by atoms with Crippen LogP contribution in [0.3, 0.4) is 0 Å². The van der Waals surface area contributed by atoms with Gasteiger partial charge >= 0.3 is 0 Å². The topological polar surface area (TPSA) is 51.2 Å². The summed E-state index contributed by atoms with van der Waals surface area (Å²) in [6.45, 7) is 4.86. The van der Waals surface area contributed by atoms with Crippen LogP contribution in [0.1, 0.15) is 36.2 Å². The number of amides is 1. The van der Waals surface area contributed by atoms with Gasteiger partial charge in [0.05, 0.1) is 12.3 Å². The van der Waals surface area contributed by atoms with E-state index in [2.05, 4.69) is 48.4 Å². The molecule has 1 heterocycles. The van der Waals surface area contributed by atoms with Crippen molar-refractivity contribution in [1.82, 2.24) is 4.98 Å². The van der Waals surface area contributed by atoms with Crippen LogP contribution in [-0.4, -0.2) is 17.5 Å². The van der Waals surface area contributed by atoms with Gasteiger partial charge in [0.15, 0.2) is 5.13 Å². The summed E-state index contributed by atoms with van der Waals surface area (Å²) in [6.07, 6.45) is 1.97. The molecule has 0 aliphatic carbocycles. The Morgan fingerprint density at radius 3 is 2.46 bits per heavy atom. The van der Waals surface area contributed by atoms with Crippen LogP contribution in [0.4, 0.5) is 5.13 Å². The highest BCUT2D eigenvalue weighted by Gasteiger charge is 2.10. The minimum absolute atomic E-state index is 0.172. The molecule has 26 heavy (non-hydrogen) atoms. The number of anilines is 1. The van der Waals surface area contributed by atoms with E-state index in [-0.39, 0.29) is 5.91 Å². The van der Waals surface area contributed by atoms with Crippen LogP contribution < -0.4 is 10.1 Å². The highest BCUT2D eigenvalue weighted by molar-refractivity contribution is 7.14. The molecule has 0 saturated carbocycles. The number of carbonyl (C=O) groups excluding carboxylic acids is 1. The number of hydrogen-bond donors (Lipinski definition) is 1. The second-order valence-corrected chi connectivity index (χ2v) is 6.77. The van der Waals surface area contributed by atoms with Gasteiger partial charge < -0.3 is 4.74 Å². The first-order chi connectivity index (χ1) is 12.7. The molecular formula is C21H22N2O2S. The third-order valence-corrected chi connectivity index (χ3v) is 4.73. The molecule has 3 aromatic rings. The second-order valence-electron chi connectivity index (χ2n) is 5.92. The molecule has 0 unspecified atom stereocenters. The van der Waals surface area contributed by atoms with Gasteiger partial charge in [-0.15, -0.1) is 11.3 Å². The molecule has 0 bridgehead atoms. The number of thiazole rings is 1. The summed E-state index contributed by atoms with van der Waals surface area (Å²) in [5.41, 5.74) is 3.80. The van der Waals surface area contributed by atoms with Crippen molar-refractivity contribution in [3.8, 4) is 17.0 Å². The number of aryl methyl sites for hydroxylation is 1. The molecule has 3 rings (SSSR count). The molecule has 134 valence electrons. The largest absolute Gasteiger partial charge is 0.494 e.